The molecule has 0 aromatic rings. The van der Waals surface area contributed by atoms with E-state index in [1.807, 2.05) is 13.0 Å². The van der Waals surface area contributed by atoms with Crippen molar-refractivity contribution in [2.24, 2.45) is 11.7 Å². The van der Waals surface area contributed by atoms with Gasteiger partial charge in [-0.1, -0.05) is 19.1 Å². The third-order valence-electron chi connectivity index (χ3n) is 2.12. The van der Waals surface area contributed by atoms with Gasteiger partial charge in [-0.15, -0.1) is 0 Å². The van der Waals surface area contributed by atoms with Crippen LogP contribution < -0.4 is 5.73 Å². The zero-order valence-electron chi connectivity index (χ0n) is 5.67. The Labute approximate surface area is 55.4 Å². The zero-order valence-corrected chi connectivity index (χ0v) is 5.67. The number of aliphatic hydroxyl groups excluding tert-OH is 1. The van der Waals surface area contributed by atoms with Crippen LogP contribution in [0.25, 0.3) is 0 Å². The first-order chi connectivity index (χ1) is 4.19. The van der Waals surface area contributed by atoms with Crippen LogP contribution in [0.3, 0.4) is 0 Å². The first-order valence-corrected chi connectivity index (χ1v) is 3.25. The summed E-state index contributed by atoms with van der Waals surface area (Å²) in [6, 6.07) is 0. The van der Waals surface area contributed by atoms with Crippen LogP contribution in [0.5, 0.6) is 0 Å². The molecule has 1 aliphatic carbocycles. The van der Waals surface area contributed by atoms with Gasteiger partial charge in [0.1, 0.15) is 0 Å². The number of aliphatic hydroxyl groups is 1. The number of rotatable bonds is 1. The average molecular weight is 127 g/mol. The van der Waals surface area contributed by atoms with Crippen molar-refractivity contribution in [3.63, 3.8) is 0 Å². The van der Waals surface area contributed by atoms with Crippen molar-refractivity contribution in [1.82, 2.24) is 0 Å². The molecular weight excluding hydrogens is 114 g/mol. The van der Waals surface area contributed by atoms with Crippen LogP contribution in [0, 0.1) is 5.92 Å². The van der Waals surface area contributed by atoms with E-state index in [0.717, 1.165) is 6.42 Å². The monoisotopic (exact) mass is 127 g/mol. The van der Waals surface area contributed by atoms with Gasteiger partial charge in [0.15, 0.2) is 0 Å². The minimum Gasteiger partial charge on any atom is -0.394 e. The minimum atomic E-state index is -0.361. The standard InChI is InChI=1S/C7H13NO/c1-6-3-2-4-7(6,8)5-9/h2-3,6,9H,4-5,8H2,1H3. The molecule has 0 fully saturated rings. The van der Waals surface area contributed by atoms with Gasteiger partial charge in [0.25, 0.3) is 0 Å². The molecule has 0 aliphatic heterocycles. The van der Waals surface area contributed by atoms with Crippen LogP contribution in [0.1, 0.15) is 13.3 Å². The van der Waals surface area contributed by atoms with Crippen LogP contribution in [0.15, 0.2) is 12.2 Å². The summed E-state index contributed by atoms with van der Waals surface area (Å²) >= 11 is 0. The molecule has 0 bridgehead atoms. The zero-order chi connectivity index (χ0) is 6.91. The van der Waals surface area contributed by atoms with E-state index < -0.39 is 0 Å². The largest absolute Gasteiger partial charge is 0.394 e. The molecule has 0 saturated heterocycles. The van der Waals surface area contributed by atoms with Crippen molar-refractivity contribution >= 4 is 0 Å². The maximum Gasteiger partial charge on any atom is 0.0619 e. The minimum absolute atomic E-state index is 0.0845. The second kappa shape index (κ2) is 2.12. The summed E-state index contributed by atoms with van der Waals surface area (Å²) in [6.07, 6.45) is 4.89. The second-order valence-electron chi connectivity index (χ2n) is 2.81. The Hall–Kier alpha value is -0.340. The fraction of sp³-hybridized carbons (Fsp3) is 0.714. The predicted molar refractivity (Wildman–Crippen MR) is 36.9 cm³/mol. The molecule has 0 spiro atoms. The summed E-state index contributed by atoms with van der Waals surface area (Å²) in [7, 11) is 0. The molecule has 0 heterocycles. The quantitative estimate of drug-likeness (QED) is 0.497. The topological polar surface area (TPSA) is 46.2 Å². The van der Waals surface area contributed by atoms with Crippen molar-refractivity contribution < 1.29 is 5.11 Å². The van der Waals surface area contributed by atoms with Gasteiger partial charge in [-0.05, 0) is 12.3 Å². The molecule has 2 unspecified atom stereocenters. The van der Waals surface area contributed by atoms with Crippen LogP contribution in [0.4, 0.5) is 0 Å². The van der Waals surface area contributed by atoms with Gasteiger partial charge in [-0.2, -0.15) is 0 Å². The van der Waals surface area contributed by atoms with Crippen molar-refractivity contribution in [1.29, 1.82) is 0 Å². The lowest BCUT2D eigenvalue weighted by Crippen LogP contribution is -2.46. The predicted octanol–water partition coefficient (Wildman–Crippen LogP) is 0.272. The van der Waals surface area contributed by atoms with Crippen molar-refractivity contribution in [2.75, 3.05) is 6.61 Å². The van der Waals surface area contributed by atoms with Crippen molar-refractivity contribution in [3.05, 3.63) is 12.2 Å². The molecule has 0 aromatic carbocycles. The fourth-order valence-corrected chi connectivity index (χ4v) is 1.08. The lowest BCUT2D eigenvalue weighted by molar-refractivity contribution is 0.175. The van der Waals surface area contributed by atoms with Gasteiger partial charge >= 0.3 is 0 Å². The maximum atomic E-state index is 8.83. The SMILES string of the molecule is CC1C=CCC1(N)CO. The molecule has 2 heteroatoms. The summed E-state index contributed by atoms with van der Waals surface area (Å²) in [6.45, 7) is 2.11. The van der Waals surface area contributed by atoms with E-state index in [1.165, 1.54) is 0 Å². The Morgan fingerprint density at radius 2 is 2.56 bits per heavy atom. The molecule has 1 rings (SSSR count). The molecule has 2 atom stereocenters. The Morgan fingerprint density at radius 1 is 1.89 bits per heavy atom. The summed E-state index contributed by atoms with van der Waals surface area (Å²) in [5, 5.41) is 8.83. The van der Waals surface area contributed by atoms with E-state index in [1.54, 1.807) is 0 Å². The number of nitrogens with two attached hydrogens (primary N) is 1. The van der Waals surface area contributed by atoms with E-state index in [-0.39, 0.29) is 12.1 Å². The van der Waals surface area contributed by atoms with Crippen LogP contribution in [-0.2, 0) is 0 Å². The average Bonchev–Trinajstić information content (AvgIpc) is 2.15. The molecule has 0 saturated carbocycles. The summed E-state index contributed by atoms with van der Waals surface area (Å²) in [4.78, 5) is 0. The highest BCUT2D eigenvalue weighted by Crippen LogP contribution is 2.25. The van der Waals surface area contributed by atoms with Gasteiger partial charge in [0, 0.05) is 5.54 Å². The highest BCUT2D eigenvalue weighted by atomic mass is 16.3. The van der Waals surface area contributed by atoms with Gasteiger partial charge in [0.2, 0.25) is 0 Å². The lowest BCUT2D eigenvalue weighted by atomic mass is 9.90. The smallest absolute Gasteiger partial charge is 0.0619 e. The first kappa shape index (κ1) is 6.78. The van der Waals surface area contributed by atoms with E-state index in [0.29, 0.717) is 5.92 Å². The van der Waals surface area contributed by atoms with E-state index in [2.05, 4.69) is 6.08 Å². The highest BCUT2D eigenvalue weighted by Gasteiger charge is 2.31. The maximum absolute atomic E-state index is 8.83. The van der Waals surface area contributed by atoms with Gasteiger partial charge in [-0.25, -0.2) is 0 Å². The Morgan fingerprint density at radius 3 is 2.78 bits per heavy atom. The fourth-order valence-electron chi connectivity index (χ4n) is 1.08. The molecule has 0 radical (unpaired) electrons. The Balaban J connectivity index is 2.62. The Bertz CT molecular complexity index is 133. The molecule has 2 nitrogen and oxygen atoms in total. The van der Waals surface area contributed by atoms with Gasteiger partial charge in [-0.3, -0.25) is 0 Å². The van der Waals surface area contributed by atoms with E-state index in [9.17, 15) is 0 Å². The first-order valence-electron chi connectivity index (χ1n) is 3.25. The third-order valence-corrected chi connectivity index (χ3v) is 2.12. The second-order valence-corrected chi connectivity index (χ2v) is 2.81. The molecule has 52 valence electrons. The summed E-state index contributed by atoms with van der Waals surface area (Å²) in [5.41, 5.74) is 5.43. The summed E-state index contributed by atoms with van der Waals surface area (Å²) in [5.74, 6) is 0.322. The Kier molecular flexibility index (Phi) is 1.60. The molecule has 1 aliphatic rings. The summed E-state index contributed by atoms with van der Waals surface area (Å²) < 4.78 is 0. The van der Waals surface area contributed by atoms with E-state index >= 15 is 0 Å². The van der Waals surface area contributed by atoms with Crippen LogP contribution in [0.2, 0.25) is 0 Å². The number of hydrogen-bond donors (Lipinski definition) is 2. The molecule has 0 amide bonds. The van der Waals surface area contributed by atoms with Crippen molar-refractivity contribution in [3.8, 4) is 0 Å². The third kappa shape index (κ3) is 1.00. The lowest BCUT2D eigenvalue weighted by Gasteiger charge is -2.25. The van der Waals surface area contributed by atoms with Crippen LogP contribution >= 0.6 is 0 Å². The van der Waals surface area contributed by atoms with Gasteiger partial charge in [0.05, 0.1) is 6.61 Å². The van der Waals surface area contributed by atoms with E-state index in [4.69, 9.17) is 10.8 Å². The number of hydrogen-bond acceptors (Lipinski definition) is 2. The molecule has 3 N–H and O–H groups in total. The molecular formula is C7H13NO. The molecule has 9 heavy (non-hydrogen) atoms. The van der Waals surface area contributed by atoms with Crippen molar-refractivity contribution in [2.45, 2.75) is 18.9 Å². The van der Waals surface area contributed by atoms with Gasteiger partial charge < -0.3 is 10.8 Å². The highest BCUT2D eigenvalue weighted by molar-refractivity contribution is 5.11. The normalized spacial score (nSPS) is 41.9. The molecule has 0 aromatic heterocycles. The van der Waals surface area contributed by atoms with Crippen LogP contribution in [-0.4, -0.2) is 17.3 Å².